The molecule has 0 saturated carbocycles. The van der Waals surface area contributed by atoms with Crippen molar-refractivity contribution in [1.29, 1.82) is 0 Å². The first-order chi connectivity index (χ1) is 10.2. The normalized spacial score (nSPS) is 32.9. The molecule has 0 spiro atoms. The molecule has 130 valence electrons. The van der Waals surface area contributed by atoms with Crippen LogP contribution in [0.5, 0.6) is 0 Å². The number of phosphoric ester groups is 1. The average molecular weight is 344 g/mol. The summed E-state index contributed by atoms with van der Waals surface area (Å²) in [4.78, 5) is 10.9. The monoisotopic (exact) mass is 344 g/mol. The second-order valence-corrected chi connectivity index (χ2v) is 6.52. The van der Waals surface area contributed by atoms with Crippen molar-refractivity contribution in [2.24, 2.45) is 0 Å². The molecule has 0 aliphatic carbocycles. The summed E-state index contributed by atoms with van der Waals surface area (Å²) in [6.45, 7) is 0.477. The standard InChI is InChI=1S/C11H21O10P/c1-6(12)4-19-11-10(15)9(14)8(13)7(21-11)5-20-22(16,17-2)18-3/h7-11,13-15H,4-5H2,1-3H3/t7?,8-,9+,10?,11+/m1/s1. The van der Waals surface area contributed by atoms with Gasteiger partial charge in [0.2, 0.25) is 0 Å². The van der Waals surface area contributed by atoms with Gasteiger partial charge in [-0.15, -0.1) is 0 Å². The minimum atomic E-state index is -3.79. The number of hydrogen-bond acceptors (Lipinski definition) is 10. The zero-order valence-electron chi connectivity index (χ0n) is 12.4. The van der Waals surface area contributed by atoms with Crippen LogP contribution >= 0.6 is 7.82 Å². The van der Waals surface area contributed by atoms with Crippen molar-refractivity contribution in [3.63, 3.8) is 0 Å². The van der Waals surface area contributed by atoms with Crippen LogP contribution in [0.3, 0.4) is 0 Å². The SMILES string of the molecule is COP(=O)(OC)OCC1O[C@H](OCC(C)=O)C(O)[C@@H](O)[C@@H]1O. The van der Waals surface area contributed by atoms with Gasteiger partial charge in [0, 0.05) is 14.2 Å². The van der Waals surface area contributed by atoms with E-state index in [1.165, 1.54) is 6.92 Å². The van der Waals surface area contributed by atoms with E-state index in [-0.39, 0.29) is 12.4 Å². The molecule has 0 radical (unpaired) electrons. The van der Waals surface area contributed by atoms with Crippen LogP contribution in [0, 0.1) is 0 Å². The molecule has 5 atom stereocenters. The average Bonchev–Trinajstić information content (AvgIpc) is 2.50. The molecule has 1 aliphatic rings. The summed E-state index contributed by atoms with van der Waals surface area (Å²) in [5.41, 5.74) is 0. The number of rotatable bonds is 8. The van der Waals surface area contributed by atoms with Crippen molar-refractivity contribution >= 4 is 13.6 Å². The van der Waals surface area contributed by atoms with Crippen molar-refractivity contribution in [2.75, 3.05) is 27.4 Å². The maximum absolute atomic E-state index is 11.8. The van der Waals surface area contributed by atoms with Gasteiger partial charge in [-0.1, -0.05) is 0 Å². The Labute approximate surface area is 127 Å². The van der Waals surface area contributed by atoms with Gasteiger partial charge < -0.3 is 24.8 Å². The third kappa shape index (κ3) is 5.05. The highest BCUT2D eigenvalue weighted by atomic mass is 31.2. The van der Waals surface area contributed by atoms with Gasteiger partial charge in [0.15, 0.2) is 12.1 Å². The van der Waals surface area contributed by atoms with Crippen LogP contribution in [-0.4, -0.2) is 79.2 Å². The topological polar surface area (TPSA) is 141 Å². The van der Waals surface area contributed by atoms with Crippen LogP contribution in [0.1, 0.15) is 6.92 Å². The Kier molecular flexibility index (Phi) is 7.53. The molecule has 0 amide bonds. The van der Waals surface area contributed by atoms with Crippen molar-refractivity contribution in [2.45, 2.75) is 37.6 Å². The number of aliphatic hydroxyl groups is 3. The molecule has 22 heavy (non-hydrogen) atoms. The lowest BCUT2D eigenvalue weighted by molar-refractivity contribution is -0.298. The van der Waals surface area contributed by atoms with E-state index >= 15 is 0 Å². The van der Waals surface area contributed by atoms with Crippen LogP contribution in [0.15, 0.2) is 0 Å². The second-order valence-electron chi connectivity index (χ2n) is 4.64. The molecule has 1 saturated heterocycles. The smallest absolute Gasteiger partial charge is 0.387 e. The molecule has 3 N–H and O–H groups in total. The lowest BCUT2D eigenvalue weighted by Gasteiger charge is -2.40. The van der Waals surface area contributed by atoms with E-state index in [0.717, 1.165) is 14.2 Å². The maximum atomic E-state index is 11.8. The number of hydrogen-bond donors (Lipinski definition) is 3. The van der Waals surface area contributed by atoms with Gasteiger partial charge in [-0.05, 0) is 6.92 Å². The predicted molar refractivity (Wildman–Crippen MR) is 70.9 cm³/mol. The summed E-state index contributed by atoms with van der Waals surface area (Å²) < 4.78 is 36.0. The number of ether oxygens (including phenoxy) is 2. The second kappa shape index (κ2) is 8.44. The lowest BCUT2D eigenvalue weighted by atomic mass is 9.99. The maximum Gasteiger partial charge on any atom is 0.474 e. The molecule has 1 fully saturated rings. The predicted octanol–water partition coefficient (Wildman–Crippen LogP) is -1.18. The Hall–Kier alpha value is -0.420. The zero-order chi connectivity index (χ0) is 16.9. The molecular weight excluding hydrogens is 323 g/mol. The van der Waals surface area contributed by atoms with Crippen molar-refractivity contribution in [3.05, 3.63) is 0 Å². The number of phosphoric acid groups is 1. The number of ketones is 1. The van der Waals surface area contributed by atoms with Gasteiger partial charge in [0.05, 0.1) is 6.61 Å². The Balaban J connectivity index is 2.68. The molecule has 11 heteroatoms. The van der Waals surface area contributed by atoms with E-state index in [2.05, 4.69) is 9.05 Å². The quantitative estimate of drug-likeness (QED) is 0.461. The summed E-state index contributed by atoms with van der Waals surface area (Å²) in [6.07, 6.45) is -7.19. The Morgan fingerprint density at radius 1 is 1.14 bits per heavy atom. The summed E-state index contributed by atoms with van der Waals surface area (Å²) >= 11 is 0. The number of carbonyl (C=O) groups excluding carboxylic acids is 1. The number of Topliss-reactive ketones (excluding diaryl/α,β-unsaturated/α-hetero) is 1. The fourth-order valence-corrected chi connectivity index (χ4v) is 2.43. The summed E-state index contributed by atoms with van der Waals surface area (Å²) in [7, 11) is -1.57. The minimum absolute atomic E-state index is 0.313. The van der Waals surface area contributed by atoms with Crippen molar-refractivity contribution in [1.82, 2.24) is 0 Å². The van der Waals surface area contributed by atoms with Crippen LogP contribution < -0.4 is 0 Å². The molecule has 10 nitrogen and oxygen atoms in total. The molecule has 1 aliphatic heterocycles. The molecule has 0 aromatic carbocycles. The summed E-state index contributed by atoms with van der Waals surface area (Å²) in [6, 6.07) is 0. The molecule has 1 rings (SSSR count). The highest BCUT2D eigenvalue weighted by Gasteiger charge is 2.45. The van der Waals surface area contributed by atoms with Gasteiger partial charge in [-0.3, -0.25) is 18.4 Å². The molecule has 0 aromatic heterocycles. The Morgan fingerprint density at radius 2 is 1.73 bits per heavy atom. The first kappa shape index (κ1) is 19.6. The van der Waals surface area contributed by atoms with Crippen LogP contribution in [-0.2, 0) is 32.4 Å². The summed E-state index contributed by atoms with van der Waals surface area (Å²) in [5, 5.41) is 29.3. The third-order valence-electron chi connectivity index (χ3n) is 2.96. The van der Waals surface area contributed by atoms with E-state index in [0.29, 0.717) is 0 Å². The van der Waals surface area contributed by atoms with E-state index in [1.54, 1.807) is 0 Å². The highest BCUT2D eigenvalue weighted by molar-refractivity contribution is 7.48. The van der Waals surface area contributed by atoms with Gasteiger partial charge >= 0.3 is 7.82 Å². The van der Waals surface area contributed by atoms with Crippen LogP contribution in [0.2, 0.25) is 0 Å². The fourth-order valence-electron chi connectivity index (χ4n) is 1.74. The molecular formula is C11H21O10P. The highest BCUT2D eigenvalue weighted by Crippen LogP contribution is 2.47. The molecule has 2 unspecified atom stereocenters. The zero-order valence-corrected chi connectivity index (χ0v) is 13.3. The fraction of sp³-hybridized carbons (Fsp3) is 0.909. The third-order valence-corrected chi connectivity index (χ3v) is 4.32. The van der Waals surface area contributed by atoms with E-state index in [1.807, 2.05) is 0 Å². The van der Waals surface area contributed by atoms with E-state index in [9.17, 15) is 24.7 Å². The first-order valence-electron chi connectivity index (χ1n) is 6.41. The molecule has 0 aromatic rings. The van der Waals surface area contributed by atoms with Gasteiger partial charge in [0.1, 0.15) is 31.0 Å². The van der Waals surface area contributed by atoms with Crippen molar-refractivity contribution in [3.8, 4) is 0 Å². The number of aliphatic hydroxyl groups excluding tert-OH is 3. The van der Waals surface area contributed by atoms with Crippen molar-refractivity contribution < 1.29 is 47.7 Å². The van der Waals surface area contributed by atoms with E-state index < -0.39 is 45.1 Å². The molecule has 0 bridgehead atoms. The van der Waals surface area contributed by atoms with Gasteiger partial charge in [-0.25, -0.2) is 4.57 Å². The van der Waals surface area contributed by atoms with E-state index in [4.69, 9.17) is 14.0 Å². The Bertz CT molecular complexity index is 408. The van der Waals surface area contributed by atoms with Crippen LogP contribution in [0.4, 0.5) is 0 Å². The largest absolute Gasteiger partial charge is 0.474 e. The van der Waals surface area contributed by atoms with Crippen LogP contribution in [0.25, 0.3) is 0 Å². The first-order valence-corrected chi connectivity index (χ1v) is 7.87. The lowest BCUT2D eigenvalue weighted by Crippen LogP contribution is -2.59. The van der Waals surface area contributed by atoms with Gasteiger partial charge in [0.25, 0.3) is 0 Å². The minimum Gasteiger partial charge on any atom is -0.387 e. The number of carbonyl (C=O) groups is 1. The Morgan fingerprint density at radius 3 is 2.23 bits per heavy atom. The van der Waals surface area contributed by atoms with Gasteiger partial charge in [-0.2, -0.15) is 0 Å². The summed E-state index contributed by atoms with van der Waals surface area (Å²) in [5.74, 6) is -0.313. The molecule has 1 heterocycles.